The number of unbranched alkanes of at least 4 members (excludes halogenated alkanes) is 12. The standard InChI is InChI=1S/C32H46N4/c1-3-5-7-9-11-13-15-17-27-19-23-29(24-20-27)31-33-35-32(36-34-31)30-25-21-28(22-26-30)18-16-14-12-10-8-6-4-2/h19-26H,3-18H2,1-2H3. The number of aryl methyl sites for hydroxylation is 2. The number of hydrogen-bond donors (Lipinski definition) is 0. The zero-order valence-corrected chi connectivity index (χ0v) is 22.7. The van der Waals surface area contributed by atoms with Gasteiger partial charge in [0.1, 0.15) is 0 Å². The predicted molar refractivity (Wildman–Crippen MR) is 152 cm³/mol. The minimum Gasteiger partial charge on any atom is -0.126 e. The first-order valence-corrected chi connectivity index (χ1v) is 14.6. The maximum absolute atomic E-state index is 4.36. The molecule has 4 nitrogen and oxygen atoms in total. The van der Waals surface area contributed by atoms with Crippen LogP contribution < -0.4 is 0 Å². The van der Waals surface area contributed by atoms with E-state index in [1.54, 1.807) is 0 Å². The van der Waals surface area contributed by atoms with Crippen molar-refractivity contribution in [3.05, 3.63) is 59.7 Å². The normalized spacial score (nSPS) is 11.2. The zero-order valence-electron chi connectivity index (χ0n) is 22.7. The summed E-state index contributed by atoms with van der Waals surface area (Å²) < 4.78 is 0. The van der Waals surface area contributed by atoms with Gasteiger partial charge in [-0.15, -0.1) is 20.4 Å². The summed E-state index contributed by atoms with van der Waals surface area (Å²) in [5.74, 6) is 1.16. The molecule has 0 atom stereocenters. The first-order chi connectivity index (χ1) is 17.8. The molecule has 0 unspecified atom stereocenters. The van der Waals surface area contributed by atoms with Crippen LogP contribution in [-0.4, -0.2) is 20.4 Å². The van der Waals surface area contributed by atoms with Gasteiger partial charge in [0.15, 0.2) is 0 Å². The minimum absolute atomic E-state index is 0.580. The van der Waals surface area contributed by atoms with Crippen molar-refractivity contribution in [2.24, 2.45) is 0 Å². The highest BCUT2D eigenvalue weighted by Gasteiger charge is 2.07. The zero-order chi connectivity index (χ0) is 25.3. The van der Waals surface area contributed by atoms with Crippen LogP contribution in [0.4, 0.5) is 0 Å². The van der Waals surface area contributed by atoms with Crippen molar-refractivity contribution >= 4 is 0 Å². The topological polar surface area (TPSA) is 51.6 Å². The molecule has 1 heterocycles. The highest BCUT2D eigenvalue weighted by molar-refractivity contribution is 5.57. The number of hydrogen-bond acceptors (Lipinski definition) is 4. The molecule has 3 rings (SSSR count). The molecule has 0 saturated carbocycles. The van der Waals surface area contributed by atoms with Crippen molar-refractivity contribution in [2.75, 3.05) is 0 Å². The van der Waals surface area contributed by atoms with E-state index in [9.17, 15) is 0 Å². The van der Waals surface area contributed by atoms with E-state index in [2.05, 4.69) is 82.8 Å². The summed E-state index contributed by atoms with van der Waals surface area (Å²) in [7, 11) is 0. The lowest BCUT2D eigenvalue weighted by Crippen LogP contribution is -1.99. The van der Waals surface area contributed by atoms with Gasteiger partial charge >= 0.3 is 0 Å². The van der Waals surface area contributed by atoms with E-state index in [1.165, 1.54) is 101 Å². The van der Waals surface area contributed by atoms with Gasteiger partial charge in [-0.25, -0.2) is 0 Å². The molecule has 3 aromatic rings. The molecule has 0 N–H and O–H groups in total. The summed E-state index contributed by atoms with van der Waals surface area (Å²) >= 11 is 0. The summed E-state index contributed by atoms with van der Waals surface area (Å²) in [6.45, 7) is 4.54. The average molecular weight is 487 g/mol. The Morgan fingerprint density at radius 2 is 0.694 bits per heavy atom. The highest BCUT2D eigenvalue weighted by atomic mass is 15.3. The first-order valence-electron chi connectivity index (χ1n) is 14.6. The van der Waals surface area contributed by atoms with Gasteiger partial charge in [0, 0.05) is 11.1 Å². The van der Waals surface area contributed by atoms with E-state index in [0.29, 0.717) is 11.6 Å². The Labute approximate surface area is 219 Å². The maximum Gasteiger partial charge on any atom is 0.203 e. The van der Waals surface area contributed by atoms with Crippen molar-refractivity contribution in [3.8, 4) is 22.8 Å². The molecule has 4 heteroatoms. The lowest BCUT2D eigenvalue weighted by atomic mass is 10.0. The second kappa shape index (κ2) is 16.9. The van der Waals surface area contributed by atoms with E-state index in [0.717, 1.165) is 24.0 Å². The number of aromatic nitrogens is 4. The van der Waals surface area contributed by atoms with Crippen LogP contribution in [0, 0.1) is 0 Å². The van der Waals surface area contributed by atoms with Crippen molar-refractivity contribution in [1.29, 1.82) is 0 Å². The van der Waals surface area contributed by atoms with Gasteiger partial charge < -0.3 is 0 Å². The molecule has 0 aliphatic carbocycles. The third-order valence-corrected chi connectivity index (χ3v) is 7.04. The van der Waals surface area contributed by atoms with Crippen molar-refractivity contribution in [3.63, 3.8) is 0 Å². The summed E-state index contributed by atoms with van der Waals surface area (Å²) in [5, 5.41) is 17.4. The van der Waals surface area contributed by atoms with Crippen molar-refractivity contribution < 1.29 is 0 Å². The molecular formula is C32H46N4. The molecule has 0 spiro atoms. The van der Waals surface area contributed by atoms with Crippen LogP contribution in [0.5, 0.6) is 0 Å². The third kappa shape index (κ3) is 10.2. The van der Waals surface area contributed by atoms with Crippen LogP contribution in [0.15, 0.2) is 48.5 Å². The van der Waals surface area contributed by atoms with Crippen molar-refractivity contribution in [1.82, 2.24) is 20.4 Å². The number of benzene rings is 2. The molecule has 194 valence electrons. The monoisotopic (exact) mass is 486 g/mol. The Bertz CT molecular complexity index is 868. The van der Waals surface area contributed by atoms with E-state index < -0.39 is 0 Å². The quantitative estimate of drug-likeness (QED) is 0.168. The molecule has 36 heavy (non-hydrogen) atoms. The van der Waals surface area contributed by atoms with Crippen LogP contribution in [0.3, 0.4) is 0 Å². The molecule has 2 aromatic carbocycles. The van der Waals surface area contributed by atoms with Gasteiger partial charge in [-0.3, -0.25) is 0 Å². The molecule has 0 aliphatic heterocycles. The fourth-order valence-electron chi connectivity index (χ4n) is 4.67. The predicted octanol–water partition coefficient (Wildman–Crippen LogP) is 9.19. The summed E-state index contributed by atoms with van der Waals surface area (Å²) in [4.78, 5) is 0. The molecule has 0 bridgehead atoms. The van der Waals surface area contributed by atoms with E-state index in [-0.39, 0.29) is 0 Å². The van der Waals surface area contributed by atoms with Crippen LogP contribution in [0.1, 0.15) is 115 Å². The average Bonchev–Trinajstić information content (AvgIpc) is 2.93. The van der Waals surface area contributed by atoms with E-state index in [1.807, 2.05) is 0 Å². The smallest absolute Gasteiger partial charge is 0.126 e. The molecule has 0 fully saturated rings. The Kier molecular flexibility index (Phi) is 13.2. The fourth-order valence-corrected chi connectivity index (χ4v) is 4.67. The molecule has 0 radical (unpaired) electrons. The van der Waals surface area contributed by atoms with Crippen LogP contribution >= 0.6 is 0 Å². The SMILES string of the molecule is CCCCCCCCCc1ccc(-c2nnc(-c3ccc(CCCCCCCCC)cc3)nn2)cc1. The number of nitrogens with zero attached hydrogens (tertiary/aromatic N) is 4. The van der Waals surface area contributed by atoms with E-state index >= 15 is 0 Å². The summed E-state index contributed by atoms with van der Waals surface area (Å²) in [6, 6.07) is 17.1. The van der Waals surface area contributed by atoms with Gasteiger partial charge in [-0.05, 0) is 36.8 Å². The van der Waals surface area contributed by atoms with Gasteiger partial charge in [0.2, 0.25) is 11.6 Å². The van der Waals surface area contributed by atoms with Gasteiger partial charge in [0.05, 0.1) is 0 Å². The minimum atomic E-state index is 0.580. The lowest BCUT2D eigenvalue weighted by molar-refractivity contribution is 0.589. The fraction of sp³-hybridized carbons (Fsp3) is 0.562. The summed E-state index contributed by atoms with van der Waals surface area (Å²) in [6.07, 6.45) is 21.1. The second-order valence-electron chi connectivity index (χ2n) is 10.2. The molecule has 0 aliphatic rings. The van der Waals surface area contributed by atoms with Crippen LogP contribution in [-0.2, 0) is 12.8 Å². The third-order valence-electron chi connectivity index (χ3n) is 7.04. The largest absolute Gasteiger partial charge is 0.203 e. The second-order valence-corrected chi connectivity index (χ2v) is 10.2. The molecular weight excluding hydrogens is 440 g/mol. The van der Waals surface area contributed by atoms with Crippen LogP contribution in [0.25, 0.3) is 22.8 Å². The van der Waals surface area contributed by atoms with Crippen molar-refractivity contribution in [2.45, 2.75) is 117 Å². The van der Waals surface area contributed by atoms with Gasteiger partial charge in [-0.1, -0.05) is 139 Å². The van der Waals surface area contributed by atoms with E-state index in [4.69, 9.17) is 0 Å². The maximum atomic E-state index is 4.36. The molecule has 0 amide bonds. The van der Waals surface area contributed by atoms with Gasteiger partial charge in [0.25, 0.3) is 0 Å². The number of rotatable bonds is 18. The van der Waals surface area contributed by atoms with Crippen LogP contribution in [0.2, 0.25) is 0 Å². The Morgan fingerprint density at radius 1 is 0.389 bits per heavy atom. The molecule has 1 aromatic heterocycles. The highest BCUT2D eigenvalue weighted by Crippen LogP contribution is 2.19. The molecule has 0 saturated heterocycles. The Morgan fingerprint density at radius 3 is 1.03 bits per heavy atom. The Hall–Kier alpha value is -2.62. The lowest BCUT2D eigenvalue weighted by Gasteiger charge is -2.05. The van der Waals surface area contributed by atoms with Gasteiger partial charge in [-0.2, -0.15) is 0 Å². The Balaban J connectivity index is 1.41. The summed E-state index contributed by atoms with van der Waals surface area (Å²) in [5.41, 5.74) is 4.69. The first kappa shape index (κ1) is 28.0.